The average molecular weight is 632 g/mol. The molecule has 0 nitrogen and oxygen atoms in total. The highest BCUT2D eigenvalue weighted by molar-refractivity contribution is 9.11. The minimum Gasteiger partial charge on any atom is -0.0596 e. The number of benzene rings is 2. The molecule has 4 aliphatic rings. The van der Waals surface area contributed by atoms with Crippen LogP contribution < -0.4 is 0 Å². The Kier molecular flexibility index (Phi) is 4.66. The predicted molar refractivity (Wildman–Crippen MR) is 131 cm³/mol. The van der Waals surface area contributed by atoms with Gasteiger partial charge >= 0.3 is 0 Å². The Balaban J connectivity index is 1.71. The Labute approximate surface area is 201 Å². The maximum atomic E-state index is 3.75. The van der Waals surface area contributed by atoms with Crippen LogP contribution in [0.2, 0.25) is 0 Å². The monoisotopic (exact) mass is 628 g/mol. The van der Waals surface area contributed by atoms with E-state index in [1.54, 1.807) is 0 Å². The highest BCUT2D eigenvalue weighted by Gasteiger charge is 2.66. The lowest BCUT2D eigenvalue weighted by Gasteiger charge is -2.70. The van der Waals surface area contributed by atoms with Gasteiger partial charge in [0.2, 0.25) is 0 Å². The van der Waals surface area contributed by atoms with Gasteiger partial charge in [-0.1, -0.05) is 77.6 Å². The molecule has 4 fully saturated rings. The van der Waals surface area contributed by atoms with Gasteiger partial charge in [-0.3, -0.25) is 0 Å². The van der Waals surface area contributed by atoms with Crippen LogP contribution in [0.5, 0.6) is 0 Å². The van der Waals surface area contributed by atoms with Crippen molar-refractivity contribution in [1.82, 2.24) is 0 Å². The van der Waals surface area contributed by atoms with Gasteiger partial charge in [0.25, 0.3) is 0 Å². The molecule has 0 atom stereocenters. The van der Waals surface area contributed by atoms with Crippen molar-refractivity contribution in [2.24, 2.45) is 10.8 Å². The van der Waals surface area contributed by atoms with Crippen LogP contribution in [0.25, 0.3) is 0 Å². The number of hydrogen-bond donors (Lipinski definition) is 0. The molecule has 4 aliphatic carbocycles. The molecule has 0 aliphatic heterocycles. The Morgan fingerprint density at radius 2 is 0.821 bits per heavy atom. The Morgan fingerprint density at radius 3 is 1.14 bits per heavy atom. The van der Waals surface area contributed by atoms with Crippen molar-refractivity contribution < 1.29 is 0 Å². The van der Waals surface area contributed by atoms with Gasteiger partial charge in [0.05, 0.1) is 0 Å². The molecule has 2 aromatic rings. The molecule has 0 spiro atoms. The summed E-state index contributed by atoms with van der Waals surface area (Å²) in [6, 6.07) is 13.9. The largest absolute Gasteiger partial charge is 0.0596 e. The Hall–Kier alpha value is 0.360. The molecule has 0 N–H and O–H groups in total. The van der Waals surface area contributed by atoms with Crippen LogP contribution in [0.1, 0.15) is 63.5 Å². The second-order valence-electron chi connectivity index (χ2n) is 10.6. The fourth-order valence-corrected chi connectivity index (χ4v) is 10.6. The lowest BCUT2D eigenvalue weighted by Crippen LogP contribution is -2.62. The van der Waals surface area contributed by atoms with E-state index >= 15 is 0 Å². The zero-order valence-corrected chi connectivity index (χ0v) is 22.6. The molecule has 148 valence electrons. The van der Waals surface area contributed by atoms with Crippen molar-refractivity contribution in [2.75, 3.05) is 0 Å². The third kappa shape index (κ3) is 3.24. The van der Waals surface area contributed by atoms with Crippen molar-refractivity contribution in [2.45, 2.75) is 63.2 Å². The molecule has 0 aromatic heterocycles. The topological polar surface area (TPSA) is 0 Å². The van der Waals surface area contributed by atoms with Crippen molar-refractivity contribution in [3.05, 3.63) is 65.4 Å². The molecule has 28 heavy (non-hydrogen) atoms. The second-order valence-corrected chi connectivity index (χ2v) is 14.2. The van der Waals surface area contributed by atoms with E-state index in [1.807, 2.05) is 0 Å². The van der Waals surface area contributed by atoms with Crippen molar-refractivity contribution >= 4 is 63.7 Å². The van der Waals surface area contributed by atoms with Crippen LogP contribution in [-0.2, 0) is 10.8 Å². The lowest BCUT2D eigenvalue weighted by molar-refractivity contribution is -0.126. The van der Waals surface area contributed by atoms with Gasteiger partial charge < -0.3 is 0 Å². The van der Waals surface area contributed by atoms with E-state index in [2.05, 4.69) is 114 Å². The van der Waals surface area contributed by atoms with Crippen LogP contribution in [0.3, 0.4) is 0 Å². The van der Waals surface area contributed by atoms with E-state index in [0.29, 0.717) is 10.8 Å². The molecular formula is C24H24Br4. The summed E-state index contributed by atoms with van der Waals surface area (Å²) >= 11 is 15.0. The minimum atomic E-state index is 0.263. The summed E-state index contributed by atoms with van der Waals surface area (Å²) in [6.45, 7) is 5.12. The number of rotatable bonds is 2. The first-order valence-corrected chi connectivity index (χ1v) is 13.1. The second kappa shape index (κ2) is 6.43. The average Bonchev–Trinajstić information content (AvgIpc) is 2.49. The molecule has 0 radical (unpaired) electrons. The molecule has 4 bridgehead atoms. The van der Waals surface area contributed by atoms with Gasteiger partial charge in [-0.2, -0.15) is 0 Å². The van der Waals surface area contributed by atoms with Crippen LogP contribution in [0.15, 0.2) is 54.3 Å². The fourth-order valence-electron chi connectivity index (χ4n) is 8.03. The summed E-state index contributed by atoms with van der Waals surface area (Å²) in [4.78, 5) is 0. The van der Waals surface area contributed by atoms with Gasteiger partial charge in [-0.25, -0.2) is 0 Å². The van der Waals surface area contributed by atoms with Crippen LogP contribution >= 0.6 is 63.7 Å². The third-order valence-corrected chi connectivity index (χ3v) is 9.37. The quantitative estimate of drug-likeness (QED) is 0.310. The van der Waals surface area contributed by atoms with Gasteiger partial charge in [-0.15, -0.1) is 0 Å². The first-order chi connectivity index (χ1) is 13.0. The van der Waals surface area contributed by atoms with Crippen LogP contribution in [0, 0.1) is 10.8 Å². The molecule has 2 aromatic carbocycles. The molecule has 4 saturated carbocycles. The van der Waals surface area contributed by atoms with Crippen LogP contribution in [0.4, 0.5) is 0 Å². The standard InChI is InChI=1S/C24H24Br4/c1-21-9-22(2)12-23(10-21,15-3-17(25)7-18(26)4-15)14-24(11-21,13-22)16-5-19(27)8-20(28)6-16/h3-8H,9-14H2,1-2H3. The van der Waals surface area contributed by atoms with E-state index in [0.717, 1.165) is 0 Å². The molecule has 4 heteroatoms. The normalized spacial score (nSPS) is 38.8. The van der Waals surface area contributed by atoms with Gasteiger partial charge in [0.15, 0.2) is 0 Å². The molecular weight excluding hydrogens is 608 g/mol. The molecule has 0 heterocycles. The van der Waals surface area contributed by atoms with Crippen molar-refractivity contribution in [1.29, 1.82) is 0 Å². The smallest absolute Gasteiger partial charge is 0.0189 e. The number of hydrogen-bond acceptors (Lipinski definition) is 0. The zero-order chi connectivity index (χ0) is 19.9. The number of halogens is 4. The van der Waals surface area contributed by atoms with E-state index in [-0.39, 0.29) is 10.8 Å². The predicted octanol–water partition coefficient (Wildman–Crippen LogP) is 9.31. The van der Waals surface area contributed by atoms with E-state index in [9.17, 15) is 0 Å². The molecule has 0 amide bonds. The summed E-state index contributed by atoms with van der Waals surface area (Å²) in [5.74, 6) is 0. The van der Waals surface area contributed by atoms with E-state index < -0.39 is 0 Å². The maximum absolute atomic E-state index is 3.75. The SMILES string of the molecule is CC12CC3(C)CC(c4cc(Br)cc(Br)c4)(C1)CC(c1cc(Br)cc(Br)c1)(C2)C3. The lowest BCUT2D eigenvalue weighted by atomic mass is 9.34. The van der Waals surface area contributed by atoms with E-state index in [1.165, 1.54) is 67.5 Å². The Bertz CT molecular complexity index is 847. The highest BCUT2D eigenvalue weighted by Crippen LogP contribution is 2.74. The third-order valence-electron chi connectivity index (χ3n) is 7.54. The first-order valence-electron chi connectivity index (χ1n) is 9.96. The maximum Gasteiger partial charge on any atom is 0.0189 e. The summed E-state index contributed by atoms with van der Waals surface area (Å²) in [7, 11) is 0. The summed E-state index contributed by atoms with van der Waals surface area (Å²) < 4.78 is 4.73. The van der Waals surface area contributed by atoms with Gasteiger partial charge in [0, 0.05) is 17.9 Å². The Morgan fingerprint density at radius 1 is 0.500 bits per heavy atom. The summed E-state index contributed by atoms with van der Waals surface area (Å²) in [6.07, 6.45) is 7.89. The fraction of sp³-hybridized carbons (Fsp3) is 0.500. The summed E-state index contributed by atoms with van der Waals surface area (Å²) in [5.41, 5.74) is 4.38. The van der Waals surface area contributed by atoms with Gasteiger partial charge in [0.1, 0.15) is 0 Å². The zero-order valence-electron chi connectivity index (χ0n) is 16.2. The molecule has 0 unspecified atom stereocenters. The highest BCUT2D eigenvalue weighted by atomic mass is 79.9. The summed E-state index contributed by atoms with van der Waals surface area (Å²) in [5, 5.41) is 0. The van der Waals surface area contributed by atoms with E-state index in [4.69, 9.17) is 0 Å². The van der Waals surface area contributed by atoms with Crippen molar-refractivity contribution in [3.8, 4) is 0 Å². The molecule has 6 rings (SSSR count). The van der Waals surface area contributed by atoms with Crippen molar-refractivity contribution in [3.63, 3.8) is 0 Å². The van der Waals surface area contributed by atoms with Gasteiger partial charge in [-0.05, 0) is 108 Å². The van der Waals surface area contributed by atoms with Crippen LogP contribution in [-0.4, -0.2) is 0 Å². The molecule has 0 saturated heterocycles. The minimum absolute atomic E-state index is 0.263. The first kappa shape index (κ1) is 20.3.